The van der Waals surface area contributed by atoms with Crippen molar-refractivity contribution in [3.8, 4) is 0 Å². The number of nitrogens with one attached hydrogen (secondary N) is 1. The molecule has 0 saturated carbocycles. The van der Waals surface area contributed by atoms with Crippen LogP contribution in [0.25, 0.3) is 0 Å². The van der Waals surface area contributed by atoms with E-state index in [1.807, 2.05) is 0 Å². The number of carbonyl (C=O) groups is 4. The summed E-state index contributed by atoms with van der Waals surface area (Å²) < 4.78 is 10.4. The molecule has 13 nitrogen and oxygen atoms in total. The number of ether oxygens (including phenoxy) is 2. The molecule has 2 amide bonds. The van der Waals surface area contributed by atoms with E-state index in [9.17, 15) is 29.4 Å². The number of aliphatic hydroxyl groups is 2. The fraction of sp³-hybridized carbons (Fsp3) is 0.588. The molecule has 0 aromatic heterocycles. The van der Waals surface area contributed by atoms with Crippen LogP contribution in [0.3, 0.4) is 0 Å². The van der Waals surface area contributed by atoms with Gasteiger partial charge in [0.05, 0.1) is 6.42 Å². The fourth-order valence-corrected chi connectivity index (χ4v) is 2.37. The van der Waals surface area contributed by atoms with Gasteiger partial charge in [-0.25, -0.2) is 0 Å². The molecule has 1 fully saturated rings. The Balaban J connectivity index is 2.70. The average Bonchev–Trinajstić information content (AvgIpc) is 2.96. The molecule has 0 aromatic carbocycles. The highest BCUT2D eigenvalue weighted by Gasteiger charge is 2.44. The van der Waals surface area contributed by atoms with Crippen LogP contribution in [0.4, 0.5) is 0 Å². The molecule has 0 spiro atoms. The largest absolute Gasteiger partial charge is 0.481 e. The number of nitrogens with two attached hydrogens (primary N) is 1. The molecule has 5 atom stereocenters. The number of carboxylic acid groups (broad SMARTS) is 1. The minimum Gasteiger partial charge on any atom is -0.481 e. The van der Waals surface area contributed by atoms with Gasteiger partial charge in [-0.3, -0.25) is 19.2 Å². The Labute approximate surface area is 172 Å². The van der Waals surface area contributed by atoms with Crippen molar-refractivity contribution in [1.29, 1.82) is 0 Å². The van der Waals surface area contributed by atoms with E-state index in [4.69, 9.17) is 20.3 Å². The Morgan fingerprint density at radius 3 is 2.53 bits per heavy atom. The number of aliphatic carboxylic acids is 1. The van der Waals surface area contributed by atoms with Gasteiger partial charge < -0.3 is 40.7 Å². The predicted molar refractivity (Wildman–Crippen MR) is 101 cm³/mol. The van der Waals surface area contributed by atoms with Crippen molar-refractivity contribution in [2.45, 2.75) is 50.3 Å². The number of esters is 1. The van der Waals surface area contributed by atoms with E-state index in [1.165, 1.54) is 31.1 Å². The average molecular weight is 430 g/mol. The Kier molecular flexibility index (Phi) is 10.0. The van der Waals surface area contributed by atoms with Gasteiger partial charge in [0.1, 0.15) is 36.8 Å². The van der Waals surface area contributed by atoms with Crippen molar-refractivity contribution >= 4 is 30.1 Å². The summed E-state index contributed by atoms with van der Waals surface area (Å²) in [5, 5.41) is 31.1. The van der Waals surface area contributed by atoms with Gasteiger partial charge in [0, 0.05) is 19.7 Å². The SMILES string of the molecule is CC(N)C(=O)OCC1OC(N(C)/C=C\C(=N/C=O)NC(=O)CCC(=O)O)C(O)C1O. The molecular formula is C17H26N4O9. The smallest absolute Gasteiger partial charge is 0.322 e. The number of amidine groups is 1. The molecule has 1 heterocycles. The van der Waals surface area contributed by atoms with Gasteiger partial charge in [-0.2, -0.15) is 4.99 Å². The van der Waals surface area contributed by atoms with Crippen molar-refractivity contribution in [1.82, 2.24) is 10.2 Å². The van der Waals surface area contributed by atoms with Gasteiger partial charge in [-0.1, -0.05) is 0 Å². The highest BCUT2D eigenvalue weighted by Crippen LogP contribution is 2.24. The summed E-state index contributed by atoms with van der Waals surface area (Å²) in [4.78, 5) is 49.0. The zero-order valence-electron chi connectivity index (χ0n) is 16.5. The van der Waals surface area contributed by atoms with Gasteiger partial charge in [-0.05, 0) is 13.0 Å². The summed E-state index contributed by atoms with van der Waals surface area (Å²) in [6, 6.07) is -0.851. The van der Waals surface area contributed by atoms with Crippen LogP contribution in [0.2, 0.25) is 0 Å². The van der Waals surface area contributed by atoms with Crippen molar-refractivity contribution < 1.29 is 44.0 Å². The zero-order valence-corrected chi connectivity index (χ0v) is 16.5. The molecule has 1 aliphatic rings. The van der Waals surface area contributed by atoms with Crippen molar-refractivity contribution in [3.63, 3.8) is 0 Å². The lowest BCUT2D eigenvalue weighted by Crippen LogP contribution is -2.40. The summed E-state index contributed by atoms with van der Waals surface area (Å²) in [5.41, 5.74) is 5.38. The lowest BCUT2D eigenvalue weighted by Gasteiger charge is -2.25. The molecule has 168 valence electrons. The topological polar surface area (TPSA) is 201 Å². The van der Waals surface area contributed by atoms with Crippen LogP contribution in [-0.4, -0.2) is 94.5 Å². The molecule has 0 radical (unpaired) electrons. The maximum atomic E-state index is 11.7. The lowest BCUT2D eigenvalue weighted by molar-refractivity contribution is -0.151. The molecule has 1 rings (SSSR count). The number of rotatable bonds is 10. The van der Waals surface area contributed by atoms with Gasteiger partial charge in [0.25, 0.3) is 0 Å². The minimum atomic E-state index is -1.35. The Bertz CT molecular complexity index is 695. The van der Waals surface area contributed by atoms with Crippen LogP contribution in [0.15, 0.2) is 17.3 Å². The summed E-state index contributed by atoms with van der Waals surface area (Å²) in [7, 11) is 1.48. The molecular weight excluding hydrogens is 404 g/mol. The van der Waals surface area contributed by atoms with E-state index in [0.717, 1.165) is 0 Å². The fourth-order valence-electron chi connectivity index (χ4n) is 2.37. The monoisotopic (exact) mass is 430 g/mol. The summed E-state index contributed by atoms with van der Waals surface area (Å²) in [6.07, 6.45) is -2.70. The number of likely N-dealkylation sites (N-methyl/N-ethyl adjacent to an activating group) is 1. The van der Waals surface area contributed by atoms with Crippen molar-refractivity contribution in [2.75, 3.05) is 13.7 Å². The number of carboxylic acids is 1. The lowest BCUT2D eigenvalue weighted by atomic mass is 10.1. The second kappa shape index (κ2) is 12.0. The number of aliphatic hydroxyl groups excluding tert-OH is 2. The first-order chi connectivity index (χ1) is 14.1. The summed E-state index contributed by atoms with van der Waals surface area (Å²) >= 11 is 0. The van der Waals surface area contributed by atoms with Crippen LogP contribution < -0.4 is 11.1 Å². The molecule has 1 saturated heterocycles. The highest BCUT2D eigenvalue weighted by molar-refractivity contribution is 6.06. The highest BCUT2D eigenvalue weighted by atomic mass is 16.6. The maximum Gasteiger partial charge on any atom is 0.322 e. The Morgan fingerprint density at radius 1 is 1.30 bits per heavy atom. The van der Waals surface area contributed by atoms with Gasteiger partial charge in [0.2, 0.25) is 12.3 Å². The molecule has 5 unspecified atom stereocenters. The first-order valence-electron chi connectivity index (χ1n) is 8.93. The van der Waals surface area contributed by atoms with Crippen molar-refractivity contribution in [2.24, 2.45) is 10.7 Å². The quantitative estimate of drug-likeness (QED) is 0.104. The molecule has 13 heteroatoms. The third kappa shape index (κ3) is 7.87. The number of carbonyl (C=O) groups excluding carboxylic acids is 3. The second-order valence-electron chi connectivity index (χ2n) is 6.51. The molecule has 1 aliphatic heterocycles. The molecule has 30 heavy (non-hydrogen) atoms. The van der Waals surface area contributed by atoms with Crippen LogP contribution >= 0.6 is 0 Å². The first kappa shape index (κ1) is 25.2. The second-order valence-corrected chi connectivity index (χ2v) is 6.51. The van der Waals surface area contributed by atoms with E-state index in [-0.39, 0.29) is 25.3 Å². The first-order valence-corrected chi connectivity index (χ1v) is 8.93. The van der Waals surface area contributed by atoms with Crippen LogP contribution in [0.1, 0.15) is 19.8 Å². The van der Waals surface area contributed by atoms with Crippen molar-refractivity contribution in [3.05, 3.63) is 12.3 Å². The van der Waals surface area contributed by atoms with Crippen LogP contribution in [0, 0.1) is 0 Å². The normalized spacial score (nSPS) is 25.0. The number of hydrogen-bond acceptors (Lipinski definition) is 10. The standard InChI is InChI=1S/C17H26N4O9/c1-9(18)17(28)29-7-10-14(26)15(27)16(30-10)21(2)6-5-11(19-8-22)20-12(23)3-4-13(24)25/h5-6,8-10,14-16,26-27H,3-4,7,18H2,1-2H3,(H,24,25)(H,19,20,22,23)/b6-5-. The van der Waals surface area contributed by atoms with E-state index in [2.05, 4.69) is 10.3 Å². The van der Waals surface area contributed by atoms with E-state index >= 15 is 0 Å². The van der Waals surface area contributed by atoms with Crippen LogP contribution in [0.5, 0.6) is 0 Å². The molecule has 0 bridgehead atoms. The van der Waals surface area contributed by atoms with E-state index in [0.29, 0.717) is 0 Å². The van der Waals surface area contributed by atoms with E-state index in [1.54, 1.807) is 0 Å². The minimum absolute atomic E-state index is 0.164. The Hall–Kier alpha value is -2.87. The maximum absolute atomic E-state index is 11.7. The summed E-state index contributed by atoms with van der Waals surface area (Å²) in [5.74, 6) is -2.66. The van der Waals surface area contributed by atoms with Crippen LogP contribution in [-0.2, 0) is 28.7 Å². The summed E-state index contributed by atoms with van der Waals surface area (Å²) in [6.45, 7) is 1.12. The van der Waals surface area contributed by atoms with Gasteiger partial charge in [0.15, 0.2) is 6.23 Å². The number of hydrogen-bond donors (Lipinski definition) is 5. The number of nitrogens with zero attached hydrogens (tertiary/aromatic N) is 2. The molecule has 0 aliphatic carbocycles. The number of aliphatic imine (C=N–C) groups is 1. The zero-order chi connectivity index (χ0) is 22.8. The predicted octanol–water partition coefficient (Wildman–Crippen LogP) is -2.70. The molecule has 6 N–H and O–H groups in total. The molecule has 0 aromatic rings. The van der Waals surface area contributed by atoms with Gasteiger partial charge >= 0.3 is 11.9 Å². The third-order valence-electron chi connectivity index (χ3n) is 3.99. The van der Waals surface area contributed by atoms with Gasteiger partial charge in [-0.15, -0.1) is 0 Å². The Morgan fingerprint density at radius 2 is 1.97 bits per heavy atom. The number of amides is 2. The third-order valence-corrected chi connectivity index (χ3v) is 3.99. The van der Waals surface area contributed by atoms with E-state index < -0.39 is 54.8 Å².